The Bertz CT molecular complexity index is 390. The third-order valence-corrected chi connectivity index (χ3v) is 4.03. The van der Waals surface area contributed by atoms with E-state index in [-0.39, 0.29) is 5.91 Å². The van der Waals surface area contributed by atoms with Crippen LogP contribution >= 0.6 is 0 Å². The predicted octanol–water partition coefficient (Wildman–Crippen LogP) is 0.792. The summed E-state index contributed by atoms with van der Waals surface area (Å²) in [6, 6.07) is 2.01. The zero-order chi connectivity index (χ0) is 11.7. The summed E-state index contributed by atoms with van der Waals surface area (Å²) in [4.78, 5) is 11.7. The molecular formula is C12H17N3O2. The molecule has 2 aliphatic rings. The fourth-order valence-electron chi connectivity index (χ4n) is 3.15. The van der Waals surface area contributed by atoms with Gasteiger partial charge >= 0.3 is 0 Å². The van der Waals surface area contributed by atoms with Crippen molar-refractivity contribution in [3.63, 3.8) is 0 Å². The number of hydrogen-bond acceptors (Lipinski definition) is 4. The molecule has 17 heavy (non-hydrogen) atoms. The minimum absolute atomic E-state index is 0.151. The highest BCUT2D eigenvalue weighted by atomic mass is 16.5. The Kier molecular flexibility index (Phi) is 2.84. The highest BCUT2D eigenvalue weighted by Gasteiger charge is 2.38. The van der Waals surface area contributed by atoms with Gasteiger partial charge in [0.1, 0.15) is 6.26 Å². The second kappa shape index (κ2) is 4.49. The van der Waals surface area contributed by atoms with Gasteiger partial charge in [0, 0.05) is 18.7 Å². The maximum Gasteiger partial charge on any atom is 0.273 e. The van der Waals surface area contributed by atoms with E-state index in [2.05, 4.69) is 20.3 Å². The minimum Gasteiger partial charge on any atom is -0.364 e. The van der Waals surface area contributed by atoms with Gasteiger partial charge in [-0.15, -0.1) is 0 Å². The molecule has 3 rings (SSSR count). The van der Waals surface area contributed by atoms with E-state index >= 15 is 0 Å². The molecule has 5 heteroatoms. The minimum atomic E-state index is -0.151. The largest absolute Gasteiger partial charge is 0.364 e. The number of rotatable bonds is 3. The molecule has 92 valence electrons. The Morgan fingerprint density at radius 3 is 3.35 bits per heavy atom. The number of aromatic nitrogens is 1. The van der Waals surface area contributed by atoms with Crippen LogP contribution in [0.5, 0.6) is 0 Å². The van der Waals surface area contributed by atoms with E-state index in [1.54, 1.807) is 6.07 Å². The van der Waals surface area contributed by atoms with Crippen LogP contribution in [0.1, 0.15) is 29.8 Å². The molecule has 1 aliphatic heterocycles. The summed E-state index contributed by atoms with van der Waals surface area (Å²) in [5.41, 5.74) is 0.353. The zero-order valence-electron chi connectivity index (χ0n) is 9.69. The molecule has 2 fully saturated rings. The molecule has 5 nitrogen and oxygen atoms in total. The number of nitrogens with one attached hydrogen (secondary N) is 2. The maximum atomic E-state index is 11.7. The van der Waals surface area contributed by atoms with Gasteiger partial charge in [-0.1, -0.05) is 11.6 Å². The summed E-state index contributed by atoms with van der Waals surface area (Å²) in [6.07, 6.45) is 5.38. The van der Waals surface area contributed by atoms with Gasteiger partial charge in [0.15, 0.2) is 5.69 Å². The number of amides is 1. The van der Waals surface area contributed by atoms with Crippen molar-refractivity contribution in [2.45, 2.75) is 25.3 Å². The number of carbonyl (C=O) groups is 1. The molecule has 0 bridgehead atoms. The highest BCUT2D eigenvalue weighted by molar-refractivity contribution is 5.91. The zero-order valence-corrected chi connectivity index (χ0v) is 9.69. The van der Waals surface area contributed by atoms with Gasteiger partial charge in [-0.05, 0) is 31.2 Å². The van der Waals surface area contributed by atoms with Crippen LogP contribution in [0, 0.1) is 11.8 Å². The van der Waals surface area contributed by atoms with Crippen molar-refractivity contribution < 1.29 is 9.32 Å². The summed E-state index contributed by atoms with van der Waals surface area (Å²) in [6.45, 7) is 1.79. The number of nitrogens with zero attached hydrogens (tertiary/aromatic N) is 1. The lowest BCUT2D eigenvalue weighted by atomic mass is 9.94. The molecular weight excluding hydrogens is 218 g/mol. The molecule has 0 radical (unpaired) electrons. The van der Waals surface area contributed by atoms with Crippen LogP contribution in [-0.4, -0.2) is 30.2 Å². The van der Waals surface area contributed by atoms with E-state index in [0.29, 0.717) is 18.3 Å². The van der Waals surface area contributed by atoms with Gasteiger partial charge in [-0.3, -0.25) is 4.79 Å². The number of hydrogen-bond donors (Lipinski definition) is 2. The lowest BCUT2D eigenvalue weighted by Gasteiger charge is -2.18. The summed E-state index contributed by atoms with van der Waals surface area (Å²) >= 11 is 0. The van der Waals surface area contributed by atoms with E-state index < -0.39 is 0 Å². The van der Waals surface area contributed by atoms with Crippen LogP contribution in [0.3, 0.4) is 0 Å². The van der Waals surface area contributed by atoms with Gasteiger partial charge in [-0.2, -0.15) is 0 Å². The second-order valence-electron chi connectivity index (χ2n) is 4.96. The topological polar surface area (TPSA) is 67.2 Å². The average molecular weight is 235 g/mol. The van der Waals surface area contributed by atoms with Gasteiger partial charge in [-0.25, -0.2) is 0 Å². The van der Waals surface area contributed by atoms with Crippen LogP contribution < -0.4 is 10.6 Å². The average Bonchev–Trinajstić information content (AvgIpc) is 3.03. The molecule has 1 aromatic rings. The summed E-state index contributed by atoms with van der Waals surface area (Å²) in [5.74, 6) is 1.42. The summed E-state index contributed by atoms with van der Waals surface area (Å²) in [7, 11) is 0. The van der Waals surface area contributed by atoms with Crippen LogP contribution in [0.15, 0.2) is 16.9 Å². The molecule has 0 aromatic carbocycles. The Morgan fingerprint density at radius 1 is 1.59 bits per heavy atom. The molecule has 2 heterocycles. The first-order valence-corrected chi connectivity index (χ1v) is 6.26. The van der Waals surface area contributed by atoms with Crippen LogP contribution in [0.4, 0.5) is 0 Å². The first-order valence-electron chi connectivity index (χ1n) is 6.26. The van der Waals surface area contributed by atoms with Crippen LogP contribution in [-0.2, 0) is 0 Å². The third kappa shape index (κ3) is 2.07. The third-order valence-electron chi connectivity index (χ3n) is 4.03. The van der Waals surface area contributed by atoms with Gasteiger partial charge in [0.05, 0.1) is 0 Å². The Hall–Kier alpha value is -1.36. The molecule has 3 atom stereocenters. The maximum absolute atomic E-state index is 11.7. The Labute approximate surface area is 99.9 Å². The molecule has 1 amide bonds. The lowest BCUT2D eigenvalue weighted by molar-refractivity contribution is 0.0938. The Morgan fingerprint density at radius 2 is 2.53 bits per heavy atom. The summed E-state index contributed by atoms with van der Waals surface area (Å²) < 4.78 is 4.65. The highest BCUT2D eigenvalue weighted by Crippen LogP contribution is 2.37. The normalized spacial score (nSPS) is 31.4. The fourth-order valence-corrected chi connectivity index (χ4v) is 3.15. The van der Waals surface area contributed by atoms with Gasteiger partial charge in [0.25, 0.3) is 5.91 Å². The van der Waals surface area contributed by atoms with E-state index in [1.165, 1.54) is 25.5 Å². The van der Waals surface area contributed by atoms with Crippen LogP contribution in [0.2, 0.25) is 0 Å². The lowest BCUT2D eigenvalue weighted by Crippen LogP contribution is -2.40. The van der Waals surface area contributed by atoms with E-state index in [0.717, 1.165) is 18.4 Å². The summed E-state index contributed by atoms with van der Waals surface area (Å²) in [5, 5.41) is 10.0. The van der Waals surface area contributed by atoms with E-state index in [4.69, 9.17) is 0 Å². The Balaban J connectivity index is 1.53. The number of carbonyl (C=O) groups excluding carboxylic acids is 1. The smallest absolute Gasteiger partial charge is 0.273 e. The standard InChI is InChI=1S/C12H17N3O2/c16-12(10-4-5-17-15-10)14-7-11-9-3-1-2-8(9)6-13-11/h4-5,8-9,11,13H,1-3,6-7H2,(H,14,16)/t8-,9-,11+/m0/s1. The molecule has 1 aromatic heterocycles. The van der Waals surface area contributed by atoms with Crippen molar-refractivity contribution >= 4 is 5.91 Å². The first kappa shape index (κ1) is 10.8. The van der Waals surface area contributed by atoms with Crippen molar-refractivity contribution in [1.82, 2.24) is 15.8 Å². The molecule has 1 saturated carbocycles. The number of fused-ring (bicyclic) bond motifs is 1. The molecule has 0 spiro atoms. The molecule has 1 saturated heterocycles. The van der Waals surface area contributed by atoms with Gasteiger partial charge in [0.2, 0.25) is 0 Å². The van der Waals surface area contributed by atoms with Crippen molar-refractivity contribution in [2.75, 3.05) is 13.1 Å². The predicted molar refractivity (Wildman–Crippen MR) is 61.5 cm³/mol. The molecule has 1 aliphatic carbocycles. The van der Waals surface area contributed by atoms with Gasteiger partial charge < -0.3 is 15.2 Å². The fraction of sp³-hybridized carbons (Fsp3) is 0.667. The second-order valence-corrected chi connectivity index (χ2v) is 4.96. The van der Waals surface area contributed by atoms with Crippen molar-refractivity contribution in [3.8, 4) is 0 Å². The van der Waals surface area contributed by atoms with Crippen molar-refractivity contribution in [1.29, 1.82) is 0 Å². The molecule has 2 N–H and O–H groups in total. The van der Waals surface area contributed by atoms with Crippen LogP contribution in [0.25, 0.3) is 0 Å². The first-order chi connectivity index (χ1) is 8.34. The van der Waals surface area contributed by atoms with E-state index in [9.17, 15) is 4.79 Å². The van der Waals surface area contributed by atoms with Crippen molar-refractivity contribution in [3.05, 3.63) is 18.0 Å². The molecule has 0 unspecified atom stereocenters. The SMILES string of the molecule is O=C(NC[C@H]1NC[C@@H]2CCC[C@@H]21)c1ccon1. The quantitative estimate of drug-likeness (QED) is 0.813. The monoisotopic (exact) mass is 235 g/mol. The van der Waals surface area contributed by atoms with Crippen molar-refractivity contribution in [2.24, 2.45) is 11.8 Å². The van der Waals surface area contributed by atoms with E-state index in [1.807, 2.05) is 0 Å².